The minimum atomic E-state index is -1.05. The second kappa shape index (κ2) is 7.47. The van der Waals surface area contributed by atoms with E-state index in [9.17, 15) is 25.1 Å². The quantitative estimate of drug-likeness (QED) is 0.449. The summed E-state index contributed by atoms with van der Waals surface area (Å²) < 4.78 is 0. The maximum absolute atomic E-state index is 13.2. The van der Waals surface area contributed by atoms with Crippen molar-refractivity contribution in [1.82, 2.24) is 14.8 Å². The second-order valence-electron chi connectivity index (χ2n) is 7.90. The van der Waals surface area contributed by atoms with Crippen LogP contribution in [0.1, 0.15) is 22.9 Å². The Morgan fingerprint density at radius 1 is 1.16 bits per heavy atom. The van der Waals surface area contributed by atoms with Gasteiger partial charge in [-0.15, -0.1) is 0 Å². The number of hydrogen-bond acceptors (Lipinski definition) is 5. The number of carbonyl (C=O) groups is 2. The molecule has 9 nitrogen and oxygen atoms in total. The van der Waals surface area contributed by atoms with Crippen molar-refractivity contribution < 1.29 is 25.1 Å². The summed E-state index contributed by atoms with van der Waals surface area (Å²) >= 11 is 0. The first-order valence-electron chi connectivity index (χ1n) is 10.1. The first-order chi connectivity index (χ1) is 15.0. The van der Waals surface area contributed by atoms with E-state index in [2.05, 4.69) is 4.98 Å². The van der Waals surface area contributed by atoms with Gasteiger partial charge in [0.25, 0.3) is 0 Å². The molecule has 2 aliphatic heterocycles. The van der Waals surface area contributed by atoms with E-state index < -0.39 is 17.3 Å². The zero-order valence-electron chi connectivity index (χ0n) is 16.6. The van der Waals surface area contributed by atoms with Crippen molar-refractivity contribution in [3.63, 3.8) is 0 Å². The highest BCUT2D eigenvalue weighted by Gasteiger charge is 2.48. The lowest BCUT2D eigenvalue weighted by Crippen LogP contribution is -2.99. The van der Waals surface area contributed by atoms with Gasteiger partial charge in [0.1, 0.15) is 6.04 Å². The van der Waals surface area contributed by atoms with Crippen LogP contribution >= 0.6 is 0 Å². The number of aliphatic hydroxyl groups is 1. The summed E-state index contributed by atoms with van der Waals surface area (Å²) in [6.07, 6.45) is 0.362. The summed E-state index contributed by atoms with van der Waals surface area (Å²) in [6.45, 7) is -0.219. The zero-order valence-corrected chi connectivity index (χ0v) is 16.6. The molecule has 3 heterocycles. The third-order valence-corrected chi connectivity index (χ3v) is 6.16. The Balaban J connectivity index is 1.71. The molecule has 9 heteroatoms. The summed E-state index contributed by atoms with van der Waals surface area (Å²) in [5, 5.41) is 30.3. The SMILES string of the molecule is O=C1C2Cc3c([nH]c4ccccc34)C(c3cccc([NH+]([O-])O)c3)N2C(=O)CN1CCO. The van der Waals surface area contributed by atoms with Gasteiger partial charge >= 0.3 is 0 Å². The fourth-order valence-corrected chi connectivity index (χ4v) is 4.82. The summed E-state index contributed by atoms with van der Waals surface area (Å²) in [7, 11) is 0. The van der Waals surface area contributed by atoms with E-state index in [1.54, 1.807) is 23.1 Å². The van der Waals surface area contributed by atoms with E-state index in [4.69, 9.17) is 0 Å². The molecule has 0 aliphatic carbocycles. The molecular weight excluding hydrogens is 400 g/mol. The highest BCUT2D eigenvalue weighted by Crippen LogP contribution is 2.42. The molecule has 0 saturated carbocycles. The van der Waals surface area contributed by atoms with E-state index in [1.807, 2.05) is 24.3 Å². The lowest BCUT2D eigenvalue weighted by atomic mass is 9.86. The molecule has 1 fully saturated rings. The first-order valence-corrected chi connectivity index (χ1v) is 10.1. The Kier molecular flexibility index (Phi) is 4.75. The number of β-amino-alcohol motifs (C(OH)–C–C–N with tert-alkyl or cyclic N) is 1. The molecule has 3 aromatic rings. The van der Waals surface area contributed by atoms with Crippen LogP contribution in [0.4, 0.5) is 5.69 Å². The summed E-state index contributed by atoms with van der Waals surface area (Å²) in [4.78, 5) is 32.8. The van der Waals surface area contributed by atoms with Gasteiger partial charge in [0.05, 0.1) is 19.2 Å². The molecule has 0 bridgehead atoms. The molecule has 160 valence electrons. The van der Waals surface area contributed by atoms with E-state index in [1.165, 1.54) is 11.0 Å². The van der Waals surface area contributed by atoms with Crippen molar-refractivity contribution in [2.75, 3.05) is 19.7 Å². The van der Waals surface area contributed by atoms with E-state index in [0.717, 1.165) is 22.2 Å². The fourth-order valence-electron chi connectivity index (χ4n) is 4.82. The number of amides is 2. The molecular formula is C22H22N4O5. The number of carbonyl (C=O) groups excluding carboxylic acids is 2. The lowest BCUT2D eigenvalue weighted by Gasteiger charge is -2.47. The molecule has 1 saturated heterocycles. The summed E-state index contributed by atoms with van der Waals surface area (Å²) in [5.41, 5.74) is 3.41. The smallest absolute Gasteiger partial charge is 0.246 e. The number of aliphatic hydroxyl groups excluding tert-OH is 1. The average molecular weight is 422 g/mol. The van der Waals surface area contributed by atoms with Gasteiger partial charge in [0, 0.05) is 41.7 Å². The Bertz CT molecular complexity index is 1170. The number of rotatable bonds is 4. The maximum Gasteiger partial charge on any atom is 0.246 e. The van der Waals surface area contributed by atoms with Gasteiger partial charge in [0.15, 0.2) is 5.69 Å². The first kappa shape index (κ1) is 19.7. The molecule has 1 aromatic heterocycles. The monoisotopic (exact) mass is 422 g/mol. The van der Waals surface area contributed by atoms with Crippen LogP contribution in [0.15, 0.2) is 48.5 Å². The van der Waals surface area contributed by atoms with Crippen molar-refractivity contribution in [3.05, 3.63) is 70.6 Å². The number of nitrogens with zero attached hydrogens (tertiary/aromatic N) is 2. The average Bonchev–Trinajstić information content (AvgIpc) is 3.14. The fraction of sp³-hybridized carbons (Fsp3) is 0.273. The van der Waals surface area contributed by atoms with Crippen LogP contribution in [0, 0.1) is 5.21 Å². The normalized spacial score (nSPS) is 21.9. The number of aromatic amines is 1. The highest BCUT2D eigenvalue weighted by atomic mass is 16.8. The van der Waals surface area contributed by atoms with Crippen molar-refractivity contribution in [3.8, 4) is 0 Å². The Hall–Kier alpha value is -3.24. The number of fused-ring (bicyclic) bond motifs is 4. The van der Waals surface area contributed by atoms with E-state index in [0.29, 0.717) is 12.0 Å². The third-order valence-electron chi connectivity index (χ3n) is 6.16. The topological polar surface area (TPSA) is 124 Å². The molecule has 3 atom stereocenters. The van der Waals surface area contributed by atoms with Crippen LogP contribution < -0.4 is 5.23 Å². The van der Waals surface area contributed by atoms with Gasteiger partial charge in [0.2, 0.25) is 11.8 Å². The van der Waals surface area contributed by atoms with Crippen LogP contribution in [0.25, 0.3) is 10.9 Å². The predicted octanol–water partition coefficient (Wildman–Crippen LogP) is 0.249. The number of para-hydroxylation sites is 1. The molecule has 2 amide bonds. The molecule has 3 unspecified atom stereocenters. The van der Waals surface area contributed by atoms with Crippen LogP contribution in [0.3, 0.4) is 0 Å². The molecule has 0 spiro atoms. The van der Waals surface area contributed by atoms with Gasteiger partial charge in [-0.05, 0) is 17.2 Å². The molecule has 31 heavy (non-hydrogen) atoms. The summed E-state index contributed by atoms with van der Waals surface area (Å²) in [6, 6.07) is 12.9. The maximum atomic E-state index is 13.2. The Labute approximate surface area is 177 Å². The minimum Gasteiger partial charge on any atom is -0.595 e. The van der Waals surface area contributed by atoms with Gasteiger partial charge in [-0.1, -0.05) is 30.3 Å². The number of piperazine rings is 1. The second-order valence-corrected chi connectivity index (χ2v) is 7.90. The lowest BCUT2D eigenvalue weighted by molar-refractivity contribution is -0.991. The van der Waals surface area contributed by atoms with Gasteiger partial charge < -0.3 is 25.1 Å². The van der Waals surface area contributed by atoms with Gasteiger partial charge in [-0.3, -0.25) is 9.59 Å². The van der Waals surface area contributed by atoms with Crippen molar-refractivity contribution in [1.29, 1.82) is 0 Å². The van der Waals surface area contributed by atoms with Gasteiger partial charge in [-0.2, -0.15) is 5.23 Å². The number of H-pyrrole nitrogens is 1. The minimum absolute atomic E-state index is 0.106. The Morgan fingerprint density at radius 3 is 2.74 bits per heavy atom. The van der Waals surface area contributed by atoms with Crippen LogP contribution in [-0.4, -0.2) is 62.7 Å². The van der Waals surface area contributed by atoms with Crippen LogP contribution in [0.5, 0.6) is 0 Å². The number of aromatic nitrogens is 1. The van der Waals surface area contributed by atoms with Crippen molar-refractivity contribution in [2.45, 2.75) is 18.5 Å². The van der Waals surface area contributed by atoms with Crippen molar-refractivity contribution in [2.24, 2.45) is 0 Å². The van der Waals surface area contributed by atoms with Crippen LogP contribution in [0.2, 0.25) is 0 Å². The molecule has 2 aromatic carbocycles. The molecule has 0 radical (unpaired) electrons. The predicted molar refractivity (Wildman–Crippen MR) is 110 cm³/mol. The van der Waals surface area contributed by atoms with E-state index in [-0.39, 0.29) is 37.2 Å². The van der Waals surface area contributed by atoms with Gasteiger partial charge in [-0.25, -0.2) is 5.21 Å². The summed E-state index contributed by atoms with van der Waals surface area (Å²) in [5.74, 6) is -0.433. The van der Waals surface area contributed by atoms with Crippen LogP contribution in [-0.2, 0) is 16.0 Å². The number of quaternary nitrogens is 1. The molecule has 2 aliphatic rings. The Morgan fingerprint density at radius 2 is 1.97 bits per heavy atom. The number of nitrogens with one attached hydrogen (secondary N) is 2. The standard InChI is InChI=1S/C22H22N4O5/c27-9-8-24-12-19(28)25-18(22(24)29)11-16-15-6-1-2-7-17(15)23-20(16)21(25)13-4-3-5-14(10-13)26(30)31/h1-7,10,18,21,23,26-27,30H,8-9,11-12H2. The van der Waals surface area contributed by atoms with E-state index >= 15 is 0 Å². The number of benzene rings is 2. The van der Waals surface area contributed by atoms with Crippen molar-refractivity contribution >= 4 is 28.4 Å². The highest BCUT2D eigenvalue weighted by molar-refractivity contribution is 5.97. The number of hydrogen-bond donors (Lipinski definition) is 4. The molecule has 5 rings (SSSR count). The zero-order chi connectivity index (χ0) is 21.7. The largest absolute Gasteiger partial charge is 0.595 e. The third kappa shape index (κ3) is 3.10. The molecule has 4 N–H and O–H groups in total.